The number of amides is 1. The Hall–Kier alpha value is -1.77. The normalized spacial score (nSPS) is 21.4. The third-order valence-corrected chi connectivity index (χ3v) is 7.54. The third kappa shape index (κ3) is 3.38. The van der Waals surface area contributed by atoms with E-state index in [1.54, 1.807) is 22.7 Å². The lowest BCUT2D eigenvalue weighted by atomic mass is 10.0. The van der Waals surface area contributed by atoms with Crippen molar-refractivity contribution in [1.29, 1.82) is 0 Å². The highest BCUT2D eigenvalue weighted by Gasteiger charge is 2.31. The molecule has 0 spiro atoms. The van der Waals surface area contributed by atoms with Crippen LogP contribution in [0.5, 0.6) is 0 Å². The number of nitrogens with zero attached hydrogens (tertiary/aromatic N) is 5. The van der Waals surface area contributed by atoms with E-state index in [0.29, 0.717) is 11.7 Å². The van der Waals surface area contributed by atoms with E-state index in [1.165, 1.54) is 24.3 Å². The van der Waals surface area contributed by atoms with E-state index < -0.39 is 0 Å². The molecular formula is C20H25N5OS2. The van der Waals surface area contributed by atoms with E-state index in [1.807, 2.05) is 11.1 Å². The van der Waals surface area contributed by atoms with Gasteiger partial charge >= 0.3 is 0 Å². The minimum atomic E-state index is 0.105. The van der Waals surface area contributed by atoms with Gasteiger partial charge < -0.3 is 4.90 Å². The molecule has 5 heterocycles. The lowest BCUT2D eigenvalue weighted by Crippen LogP contribution is -2.37. The molecule has 1 atom stereocenters. The topological polar surface area (TPSA) is 53.7 Å². The van der Waals surface area contributed by atoms with Gasteiger partial charge in [-0.1, -0.05) is 6.42 Å². The van der Waals surface area contributed by atoms with E-state index in [4.69, 9.17) is 4.98 Å². The van der Waals surface area contributed by atoms with Crippen molar-refractivity contribution >= 4 is 33.5 Å². The van der Waals surface area contributed by atoms with Gasteiger partial charge in [-0.25, -0.2) is 9.97 Å². The smallest absolute Gasteiger partial charge is 0.274 e. The van der Waals surface area contributed by atoms with Crippen LogP contribution in [0, 0.1) is 0 Å². The molecule has 0 aliphatic carbocycles. The second-order valence-corrected chi connectivity index (χ2v) is 9.47. The molecule has 8 heteroatoms. The quantitative estimate of drug-likeness (QED) is 0.641. The molecule has 2 aliphatic rings. The predicted octanol–water partition coefficient (Wildman–Crippen LogP) is 4.21. The summed E-state index contributed by atoms with van der Waals surface area (Å²) in [5.74, 6) is 0.105. The number of carbonyl (C=O) groups excluding carboxylic acids is 1. The van der Waals surface area contributed by atoms with Crippen molar-refractivity contribution < 1.29 is 4.79 Å². The molecule has 2 aliphatic heterocycles. The zero-order valence-electron chi connectivity index (χ0n) is 15.9. The highest BCUT2D eigenvalue weighted by atomic mass is 32.1. The first-order valence-corrected chi connectivity index (χ1v) is 11.9. The summed E-state index contributed by atoms with van der Waals surface area (Å²) in [5.41, 5.74) is 1.69. The van der Waals surface area contributed by atoms with Crippen LogP contribution in [0.2, 0.25) is 0 Å². The molecule has 0 saturated carbocycles. The zero-order valence-corrected chi connectivity index (χ0v) is 17.6. The maximum Gasteiger partial charge on any atom is 0.274 e. The van der Waals surface area contributed by atoms with Gasteiger partial charge in [0.05, 0.1) is 11.7 Å². The number of fused-ring (bicyclic) bond motifs is 1. The zero-order chi connectivity index (χ0) is 18.9. The van der Waals surface area contributed by atoms with E-state index in [-0.39, 0.29) is 5.91 Å². The van der Waals surface area contributed by atoms with Crippen molar-refractivity contribution in [3.63, 3.8) is 0 Å². The molecule has 0 unspecified atom stereocenters. The summed E-state index contributed by atoms with van der Waals surface area (Å²) in [6, 6.07) is 0.343. The first kappa shape index (κ1) is 18.3. The molecule has 0 aromatic carbocycles. The predicted molar refractivity (Wildman–Crippen MR) is 112 cm³/mol. The van der Waals surface area contributed by atoms with Crippen molar-refractivity contribution in [3.05, 3.63) is 39.5 Å². The maximum atomic E-state index is 13.3. The molecule has 0 bridgehead atoms. The monoisotopic (exact) mass is 415 g/mol. The summed E-state index contributed by atoms with van der Waals surface area (Å²) in [6.45, 7) is 3.50. The number of thiazole rings is 2. The van der Waals surface area contributed by atoms with Crippen LogP contribution in [0.15, 0.2) is 23.2 Å². The molecule has 2 fully saturated rings. The number of hydrogen-bond donors (Lipinski definition) is 0. The molecule has 5 rings (SSSR count). The standard InChI is InChI=1S/C20H25N5OS2/c26-19(23-8-3-1-4-9-23)17-16(25-11-13-28-20(25)22-17)14-24-10-5-2-6-15(24)18-21-7-12-27-18/h7,11-13,15H,1-6,8-10,14H2/t15-/m0/s1. The first-order valence-electron chi connectivity index (χ1n) is 10.2. The molecule has 0 radical (unpaired) electrons. The highest BCUT2D eigenvalue weighted by molar-refractivity contribution is 7.15. The number of imidazole rings is 1. The van der Waals surface area contributed by atoms with Gasteiger partial charge in [0.25, 0.3) is 5.91 Å². The molecule has 1 amide bonds. The van der Waals surface area contributed by atoms with E-state index in [0.717, 1.165) is 56.1 Å². The number of likely N-dealkylation sites (tertiary alicyclic amines) is 2. The van der Waals surface area contributed by atoms with Gasteiger partial charge in [-0.2, -0.15) is 0 Å². The van der Waals surface area contributed by atoms with Crippen LogP contribution in [0.3, 0.4) is 0 Å². The summed E-state index contributed by atoms with van der Waals surface area (Å²) in [6.07, 6.45) is 10.9. The molecule has 28 heavy (non-hydrogen) atoms. The highest BCUT2D eigenvalue weighted by Crippen LogP contribution is 2.34. The lowest BCUT2D eigenvalue weighted by Gasteiger charge is -2.34. The fourth-order valence-electron chi connectivity index (χ4n) is 4.45. The van der Waals surface area contributed by atoms with Crippen LogP contribution in [0.25, 0.3) is 4.96 Å². The molecular weight excluding hydrogens is 390 g/mol. The van der Waals surface area contributed by atoms with Crippen LogP contribution < -0.4 is 0 Å². The van der Waals surface area contributed by atoms with Crippen molar-refractivity contribution in [2.45, 2.75) is 51.1 Å². The Kier molecular flexibility index (Phi) is 5.17. The molecule has 3 aromatic rings. The fraction of sp³-hybridized carbons (Fsp3) is 0.550. The Morgan fingerprint density at radius 1 is 1.07 bits per heavy atom. The second-order valence-electron chi connectivity index (χ2n) is 7.67. The van der Waals surface area contributed by atoms with Crippen molar-refractivity contribution in [2.24, 2.45) is 0 Å². The Labute approximate surface area is 172 Å². The van der Waals surface area contributed by atoms with E-state index >= 15 is 0 Å². The van der Waals surface area contributed by atoms with Crippen molar-refractivity contribution in [3.8, 4) is 0 Å². The van der Waals surface area contributed by atoms with Gasteiger partial charge in [-0.05, 0) is 38.6 Å². The van der Waals surface area contributed by atoms with Crippen LogP contribution in [-0.2, 0) is 6.54 Å². The number of aromatic nitrogens is 3. The first-order chi connectivity index (χ1) is 13.8. The SMILES string of the molecule is O=C(c1nc2sccn2c1CN1CCCC[C@H]1c1nccs1)N1CCCCC1. The Bertz CT molecular complexity index is 941. The number of piperidine rings is 2. The second kappa shape index (κ2) is 7.93. The van der Waals surface area contributed by atoms with Crippen molar-refractivity contribution in [2.75, 3.05) is 19.6 Å². The summed E-state index contributed by atoms with van der Waals surface area (Å²) < 4.78 is 2.12. The minimum absolute atomic E-state index is 0.105. The van der Waals surface area contributed by atoms with Gasteiger partial charge in [0.15, 0.2) is 10.7 Å². The molecule has 3 aromatic heterocycles. The molecule has 148 valence electrons. The fourth-order valence-corrected chi connectivity index (χ4v) is 5.99. The average Bonchev–Trinajstić information content (AvgIpc) is 3.48. The van der Waals surface area contributed by atoms with Gasteiger partial charge in [0, 0.05) is 42.8 Å². The number of rotatable bonds is 4. The van der Waals surface area contributed by atoms with Gasteiger partial charge in [0.1, 0.15) is 5.01 Å². The van der Waals surface area contributed by atoms with Gasteiger partial charge in [-0.3, -0.25) is 14.1 Å². The number of hydrogen-bond acceptors (Lipinski definition) is 6. The Balaban J connectivity index is 1.47. The van der Waals surface area contributed by atoms with E-state index in [9.17, 15) is 4.79 Å². The van der Waals surface area contributed by atoms with Crippen LogP contribution in [-0.4, -0.2) is 49.7 Å². The third-order valence-electron chi connectivity index (χ3n) is 5.91. The summed E-state index contributed by atoms with van der Waals surface area (Å²) >= 11 is 3.34. The van der Waals surface area contributed by atoms with E-state index in [2.05, 4.69) is 31.2 Å². The largest absolute Gasteiger partial charge is 0.337 e. The van der Waals surface area contributed by atoms with Gasteiger partial charge in [0.2, 0.25) is 0 Å². The Morgan fingerprint density at radius 3 is 2.75 bits per heavy atom. The average molecular weight is 416 g/mol. The lowest BCUT2D eigenvalue weighted by molar-refractivity contribution is 0.0714. The van der Waals surface area contributed by atoms with Crippen LogP contribution in [0.1, 0.15) is 65.8 Å². The number of carbonyl (C=O) groups is 1. The van der Waals surface area contributed by atoms with Crippen LogP contribution >= 0.6 is 22.7 Å². The summed E-state index contributed by atoms with van der Waals surface area (Å²) in [7, 11) is 0. The molecule has 6 nitrogen and oxygen atoms in total. The molecule has 2 saturated heterocycles. The maximum absolute atomic E-state index is 13.3. The summed E-state index contributed by atoms with van der Waals surface area (Å²) in [4.78, 5) is 28.0. The van der Waals surface area contributed by atoms with Crippen LogP contribution in [0.4, 0.5) is 0 Å². The Morgan fingerprint density at radius 2 is 1.93 bits per heavy atom. The molecule has 0 N–H and O–H groups in total. The summed E-state index contributed by atoms with van der Waals surface area (Å²) in [5, 5.41) is 5.30. The van der Waals surface area contributed by atoms with Crippen molar-refractivity contribution in [1.82, 2.24) is 24.2 Å². The van der Waals surface area contributed by atoms with Gasteiger partial charge in [-0.15, -0.1) is 22.7 Å². The minimum Gasteiger partial charge on any atom is -0.337 e.